The fraction of sp³-hybridized carbons (Fsp3) is 0. The third-order valence-corrected chi connectivity index (χ3v) is 1.65. The van der Waals surface area contributed by atoms with E-state index < -0.39 is 0 Å². The summed E-state index contributed by atoms with van der Waals surface area (Å²) in [4.78, 5) is 13.0. The number of rotatable bonds is 0. The molecule has 0 saturated heterocycles. The zero-order valence-electron chi connectivity index (χ0n) is 4.39. The number of hydrogen-bond acceptors (Lipinski definition) is 2. The van der Waals surface area contributed by atoms with Crippen molar-refractivity contribution in [3.63, 3.8) is 0 Å². The lowest BCUT2D eigenvalue weighted by atomic mass is 10.5. The molecule has 1 aromatic heterocycles. The van der Waals surface area contributed by atoms with Crippen molar-refractivity contribution >= 4 is 15.9 Å². The minimum absolute atomic E-state index is 0.0428. The molecule has 2 N–H and O–H groups in total. The molecule has 48 valence electrons. The average Bonchev–Trinajstić information content (AvgIpc) is 1.83. The minimum Gasteiger partial charge on any atom is -0.507 e. The summed E-state index contributed by atoms with van der Waals surface area (Å²) < 4.78 is 0.171. The van der Waals surface area contributed by atoms with Crippen LogP contribution in [0.15, 0.2) is 21.5 Å². The van der Waals surface area contributed by atoms with Gasteiger partial charge in [-0.1, -0.05) is 0 Å². The van der Waals surface area contributed by atoms with Crippen molar-refractivity contribution in [2.45, 2.75) is 0 Å². The van der Waals surface area contributed by atoms with E-state index in [2.05, 4.69) is 20.9 Å². The maximum absolute atomic E-state index is 10.6. The summed E-state index contributed by atoms with van der Waals surface area (Å²) in [6.07, 6.45) is 1.38. The lowest BCUT2D eigenvalue weighted by Gasteiger charge is -1.90. The highest BCUT2D eigenvalue weighted by atomic mass is 79.9. The molecule has 1 aromatic rings. The second-order valence-electron chi connectivity index (χ2n) is 1.51. The molecule has 0 aromatic carbocycles. The van der Waals surface area contributed by atoms with Crippen LogP contribution in [-0.2, 0) is 0 Å². The lowest BCUT2D eigenvalue weighted by Crippen LogP contribution is -2.03. The molecule has 0 bridgehead atoms. The quantitative estimate of drug-likeness (QED) is 0.636. The number of aromatic amines is 1. The molecular weight excluding hydrogens is 186 g/mol. The molecule has 0 aliphatic rings. The van der Waals surface area contributed by atoms with E-state index in [1.54, 1.807) is 0 Å². The van der Waals surface area contributed by atoms with Gasteiger partial charge < -0.3 is 10.1 Å². The molecule has 1 heterocycles. The Morgan fingerprint density at radius 3 is 2.78 bits per heavy atom. The molecule has 0 aliphatic heterocycles. The van der Waals surface area contributed by atoms with E-state index in [0.29, 0.717) is 0 Å². The summed E-state index contributed by atoms with van der Waals surface area (Å²) in [5.74, 6) is -0.0428. The molecule has 3 nitrogen and oxygen atoms in total. The first-order valence-electron chi connectivity index (χ1n) is 2.28. The van der Waals surface area contributed by atoms with Crippen LogP contribution in [0.4, 0.5) is 0 Å². The first-order valence-corrected chi connectivity index (χ1v) is 3.07. The standard InChI is InChI=1S/C5H4BrNO2/c6-4-3(8)1-2-7-5(4)9/h1-2H,(H2,7,8,9). The topological polar surface area (TPSA) is 53.1 Å². The number of nitrogens with one attached hydrogen (secondary N) is 1. The number of halogens is 1. The van der Waals surface area contributed by atoms with Gasteiger partial charge in [-0.05, 0) is 22.0 Å². The van der Waals surface area contributed by atoms with Gasteiger partial charge in [0.15, 0.2) is 0 Å². The first kappa shape index (κ1) is 6.35. The molecule has 0 atom stereocenters. The van der Waals surface area contributed by atoms with E-state index in [0.717, 1.165) is 0 Å². The first-order chi connectivity index (χ1) is 4.22. The van der Waals surface area contributed by atoms with Crippen molar-refractivity contribution in [3.05, 3.63) is 27.1 Å². The zero-order chi connectivity index (χ0) is 6.85. The number of aromatic hydroxyl groups is 1. The number of hydrogen-bond donors (Lipinski definition) is 2. The summed E-state index contributed by atoms with van der Waals surface area (Å²) in [6.45, 7) is 0. The molecule has 9 heavy (non-hydrogen) atoms. The summed E-state index contributed by atoms with van der Waals surface area (Å²) >= 11 is 2.89. The Morgan fingerprint density at radius 1 is 1.67 bits per heavy atom. The van der Waals surface area contributed by atoms with Crippen molar-refractivity contribution in [2.24, 2.45) is 0 Å². The summed E-state index contributed by atoms with van der Waals surface area (Å²) in [5, 5.41) is 8.83. The van der Waals surface area contributed by atoms with Gasteiger partial charge in [-0.15, -0.1) is 0 Å². The highest BCUT2D eigenvalue weighted by Gasteiger charge is 1.97. The maximum atomic E-state index is 10.6. The van der Waals surface area contributed by atoms with Crippen LogP contribution in [-0.4, -0.2) is 10.1 Å². The third kappa shape index (κ3) is 1.13. The second-order valence-corrected chi connectivity index (χ2v) is 2.30. The SMILES string of the molecule is O=c1[nH]ccc(O)c1Br. The van der Waals surface area contributed by atoms with Crippen LogP contribution in [0, 0.1) is 0 Å². The van der Waals surface area contributed by atoms with Crippen LogP contribution in [0.2, 0.25) is 0 Å². The van der Waals surface area contributed by atoms with Gasteiger partial charge in [-0.3, -0.25) is 4.79 Å². The Hall–Kier alpha value is -0.770. The Balaban J connectivity index is 3.43. The number of aromatic nitrogens is 1. The van der Waals surface area contributed by atoms with Gasteiger partial charge in [-0.25, -0.2) is 0 Å². The van der Waals surface area contributed by atoms with Gasteiger partial charge in [0.1, 0.15) is 10.2 Å². The smallest absolute Gasteiger partial charge is 0.266 e. The molecule has 0 unspecified atom stereocenters. The molecule has 0 amide bonds. The van der Waals surface area contributed by atoms with E-state index >= 15 is 0 Å². The van der Waals surface area contributed by atoms with E-state index in [-0.39, 0.29) is 15.8 Å². The van der Waals surface area contributed by atoms with Gasteiger partial charge >= 0.3 is 0 Å². The second kappa shape index (κ2) is 2.23. The van der Waals surface area contributed by atoms with Crippen molar-refractivity contribution < 1.29 is 5.11 Å². The van der Waals surface area contributed by atoms with Gasteiger partial charge in [0.25, 0.3) is 5.56 Å². The van der Waals surface area contributed by atoms with Crippen LogP contribution in [0.1, 0.15) is 0 Å². The van der Waals surface area contributed by atoms with Gasteiger partial charge in [0.05, 0.1) is 0 Å². The summed E-state index contributed by atoms with van der Waals surface area (Å²) in [6, 6.07) is 1.39. The third-order valence-electron chi connectivity index (χ3n) is 0.880. The average molecular weight is 190 g/mol. The predicted molar refractivity (Wildman–Crippen MR) is 36.4 cm³/mol. The van der Waals surface area contributed by atoms with Gasteiger partial charge in [-0.2, -0.15) is 0 Å². The number of H-pyrrole nitrogens is 1. The van der Waals surface area contributed by atoms with Crippen LogP contribution in [0.25, 0.3) is 0 Å². The van der Waals surface area contributed by atoms with E-state index in [4.69, 9.17) is 5.11 Å². The van der Waals surface area contributed by atoms with Crippen LogP contribution in [0.3, 0.4) is 0 Å². The minimum atomic E-state index is -0.324. The molecule has 0 radical (unpaired) electrons. The van der Waals surface area contributed by atoms with E-state index in [9.17, 15) is 4.79 Å². The largest absolute Gasteiger partial charge is 0.507 e. The monoisotopic (exact) mass is 189 g/mol. The Kier molecular flexibility index (Phi) is 1.57. The summed E-state index contributed by atoms with van der Waals surface area (Å²) in [7, 11) is 0. The highest BCUT2D eigenvalue weighted by Crippen LogP contribution is 2.15. The molecule has 4 heteroatoms. The van der Waals surface area contributed by atoms with Crippen LogP contribution >= 0.6 is 15.9 Å². The predicted octanol–water partition coefficient (Wildman–Crippen LogP) is 0.843. The van der Waals surface area contributed by atoms with Crippen molar-refractivity contribution in [2.75, 3.05) is 0 Å². The fourth-order valence-corrected chi connectivity index (χ4v) is 0.696. The molecular formula is C5H4BrNO2. The molecule has 0 aliphatic carbocycles. The van der Waals surface area contributed by atoms with E-state index in [1.165, 1.54) is 12.3 Å². The van der Waals surface area contributed by atoms with Crippen molar-refractivity contribution in [1.29, 1.82) is 0 Å². The molecule has 0 spiro atoms. The zero-order valence-corrected chi connectivity index (χ0v) is 5.97. The summed E-state index contributed by atoms with van der Waals surface area (Å²) in [5.41, 5.74) is -0.324. The van der Waals surface area contributed by atoms with Gasteiger partial charge in [0, 0.05) is 6.20 Å². The fourth-order valence-electron chi connectivity index (χ4n) is 0.449. The van der Waals surface area contributed by atoms with Crippen LogP contribution < -0.4 is 5.56 Å². The Bertz CT molecular complexity index is 268. The Morgan fingerprint density at radius 2 is 2.33 bits per heavy atom. The molecule has 0 saturated carbocycles. The normalized spacial score (nSPS) is 9.44. The van der Waals surface area contributed by atoms with Gasteiger partial charge in [0.2, 0.25) is 0 Å². The Labute approximate surface area is 59.5 Å². The lowest BCUT2D eigenvalue weighted by molar-refractivity contribution is 0.470. The van der Waals surface area contributed by atoms with Crippen LogP contribution in [0.5, 0.6) is 5.75 Å². The molecule has 1 rings (SSSR count). The maximum Gasteiger partial charge on any atom is 0.266 e. The molecule has 0 fully saturated rings. The van der Waals surface area contributed by atoms with Crippen molar-refractivity contribution in [3.8, 4) is 5.75 Å². The van der Waals surface area contributed by atoms with Crippen molar-refractivity contribution in [1.82, 2.24) is 4.98 Å². The van der Waals surface area contributed by atoms with E-state index in [1.807, 2.05) is 0 Å². The highest BCUT2D eigenvalue weighted by molar-refractivity contribution is 9.10. The number of pyridine rings is 1.